The lowest BCUT2D eigenvalue weighted by molar-refractivity contribution is -0.274. The predicted octanol–water partition coefficient (Wildman–Crippen LogP) is 4.18. The summed E-state index contributed by atoms with van der Waals surface area (Å²) in [6, 6.07) is 18.6. The molecule has 0 fully saturated rings. The lowest BCUT2D eigenvalue weighted by Gasteiger charge is -2.12. The molecule has 184 valence electrons. The topological polar surface area (TPSA) is 107 Å². The number of rotatable bonds is 12. The van der Waals surface area contributed by atoms with Crippen LogP contribution in [-0.4, -0.2) is 44.1 Å². The van der Waals surface area contributed by atoms with Gasteiger partial charge in [0.25, 0.3) is 0 Å². The van der Waals surface area contributed by atoms with Gasteiger partial charge < -0.3 is 9.47 Å². The maximum Gasteiger partial charge on any atom is 0.387 e. The van der Waals surface area contributed by atoms with E-state index in [1.165, 1.54) is 0 Å². The molecule has 0 bridgehead atoms. The van der Waals surface area contributed by atoms with Crippen LogP contribution in [0.5, 0.6) is 0 Å². The van der Waals surface area contributed by atoms with Crippen molar-refractivity contribution in [2.75, 3.05) is 26.4 Å². The SMILES string of the molecule is CCOOC(=O)C(C(=O)OOCC)=C(OCC)OCC.O=C(c1ccccc1)c1ccccc1. The summed E-state index contributed by atoms with van der Waals surface area (Å²) in [5.41, 5.74) is 0.896. The zero-order chi connectivity index (χ0) is 25.2. The molecule has 0 heterocycles. The number of carbonyl (C=O) groups is 3. The molecule has 0 radical (unpaired) electrons. The van der Waals surface area contributed by atoms with Gasteiger partial charge in [0.15, 0.2) is 5.78 Å². The molecule has 0 amide bonds. The van der Waals surface area contributed by atoms with Crippen molar-refractivity contribution in [1.29, 1.82) is 0 Å². The van der Waals surface area contributed by atoms with E-state index in [1.807, 2.05) is 60.7 Å². The molecule has 0 N–H and O–H groups in total. The highest BCUT2D eigenvalue weighted by Gasteiger charge is 2.31. The lowest BCUT2D eigenvalue weighted by Crippen LogP contribution is -2.23. The minimum Gasteiger partial charge on any atom is -0.465 e. The minimum absolute atomic E-state index is 0.0752. The molecule has 0 atom stereocenters. The van der Waals surface area contributed by atoms with E-state index in [0.717, 1.165) is 11.1 Å². The molecular weight excluding hydrogens is 444 g/mol. The van der Waals surface area contributed by atoms with Crippen LogP contribution in [0.25, 0.3) is 0 Å². The van der Waals surface area contributed by atoms with Crippen LogP contribution in [0.1, 0.15) is 43.6 Å². The minimum atomic E-state index is -1.09. The smallest absolute Gasteiger partial charge is 0.387 e. The number of ether oxygens (including phenoxy) is 2. The van der Waals surface area contributed by atoms with Crippen molar-refractivity contribution < 1.29 is 43.4 Å². The maximum absolute atomic E-state index is 11.8. The fourth-order valence-corrected chi connectivity index (χ4v) is 2.35. The van der Waals surface area contributed by atoms with Crippen molar-refractivity contribution in [3.05, 3.63) is 83.3 Å². The summed E-state index contributed by atoms with van der Waals surface area (Å²) in [4.78, 5) is 53.2. The van der Waals surface area contributed by atoms with Gasteiger partial charge in [-0.15, -0.1) is 0 Å². The van der Waals surface area contributed by atoms with Crippen LogP contribution >= 0.6 is 0 Å². The van der Waals surface area contributed by atoms with Crippen LogP contribution < -0.4 is 0 Å². The van der Waals surface area contributed by atoms with Gasteiger partial charge in [0.1, 0.15) is 0 Å². The zero-order valence-electron chi connectivity index (χ0n) is 19.8. The highest BCUT2D eigenvalue weighted by atomic mass is 17.2. The van der Waals surface area contributed by atoms with Crippen molar-refractivity contribution in [2.24, 2.45) is 0 Å². The molecular formula is C25H30O9. The second kappa shape index (κ2) is 16.9. The monoisotopic (exact) mass is 474 g/mol. The number of benzene rings is 2. The van der Waals surface area contributed by atoms with Crippen LogP contribution in [0.2, 0.25) is 0 Å². The fourth-order valence-electron chi connectivity index (χ4n) is 2.35. The molecule has 9 nitrogen and oxygen atoms in total. The highest BCUT2D eigenvalue weighted by molar-refractivity contribution is 6.14. The molecule has 2 aromatic carbocycles. The molecule has 0 aliphatic heterocycles. The summed E-state index contributed by atoms with van der Waals surface area (Å²) in [7, 11) is 0. The molecule has 9 heteroatoms. The van der Waals surface area contributed by atoms with Crippen molar-refractivity contribution in [3.8, 4) is 0 Å². The number of hydrogen-bond acceptors (Lipinski definition) is 9. The molecule has 34 heavy (non-hydrogen) atoms. The molecule has 0 unspecified atom stereocenters. The molecule has 0 aromatic heterocycles. The Labute approximate surface area is 199 Å². The predicted molar refractivity (Wildman–Crippen MR) is 122 cm³/mol. The summed E-state index contributed by atoms with van der Waals surface area (Å²) < 4.78 is 10.2. The maximum atomic E-state index is 11.8. The number of hydrogen-bond donors (Lipinski definition) is 0. The van der Waals surface area contributed by atoms with Crippen molar-refractivity contribution >= 4 is 17.7 Å². The van der Waals surface area contributed by atoms with Gasteiger partial charge in [-0.3, -0.25) is 14.6 Å². The third-order valence-corrected chi connectivity index (χ3v) is 3.74. The van der Waals surface area contributed by atoms with Crippen molar-refractivity contribution in [1.82, 2.24) is 0 Å². The Hall–Kier alpha value is -3.69. The van der Waals surface area contributed by atoms with Gasteiger partial charge in [0.2, 0.25) is 5.57 Å². The van der Waals surface area contributed by atoms with Crippen LogP contribution in [0.3, 0.4) is 0 Å². The second-order valence-electron chi connectivity index (χ2n) is 6.14. The van der Waals surface area contributed by atoms with Crippen LogP contribution in [0, 0.1) is 0 Å². The molecule has 2 rings (SSSR count). The van der Waals surface area contributed by atoms with E-state index >= 15 is 0 Å². The van der Waals surface area contributed by atoms with Crippen LogP contribution in [0.15, 0.2) is 72.2 Å². The summed E-state index contributed by atoms with van der Waals surface area (Å²) in [6.07, 6.45) is 0. The third kappa shape index (κ3) is 9.85. The Kier molecular flexibility index (Phi) is 14.1. The third-order valence-electron chi connectivity index (χ3n) is 3.74. The van der Waals surface area contributed by atoms with Crippen LogP contribution in [0.4, 0.5) is 0 Å². The molecule has 2 aromatic rings. The largest absolute Gasteiger partial charge is 0.465 e. The standard InChI is InChI=1S/C13H10O.C12H20O8/c14-13(11-7-3-1-4-8-11)12-9-5-2-6-10-12;1-5-15-12(16-6-2)9(10(13)19-17-7-3)11(14)20-18-8-4/h1-10H;5-8H2,1-4H3. The Morgan fingerprint density at radius 3 is 1.29 bits per heavy atom. The van der Waals surface area contributed by atoms with Crippen molar-refractivity contribution in [2.45, 2.75) is 27.7 Å². The van der Waals surface area contributed by atoms with E-state index in [2.05, 4.69) is 19.6 Å². The fraction of sp³-hybridized carbons (Fsp3) is 0.320. The molecule has 0 spiro atoms. The van der Waals surface area contributed by atoms with E-state index < -0.39 is 17.5 Å². The van der Waals surface area contributed by atoms with E-state index in [0.29, 0.717) is 0 Å². The van der Waals surface area contributed by atoms with E-state index in [1.54, 1.807) is 27.7 Å². The van der Waals surface area contributed by atoms with Gasteiger partial charge in [-0.1, -0.05) is 60.7 Å². The van der Waals surface area contributed by atoms with Gasteiger partial charge in [0, 0.05) is 11.1 Å². The van der Waals surface area contributed by atoms with Gasteiger partial charge in [-0.05, 0) is 27.7 Å². The van der Waals surface area contributed by atoms with Gasteiger partial charge in [-0.25, -0.2) is 9.59 Å². The molecule has 0 aliphatic rings. The first-order valence-corrected chi connectivity index (χ1v) is 10.8. The normalized spacial score (nSPS) is 9.65. The first-order chi connectivity index (χ1) is 16.5. The Morgan fingerprint density at radius 2 is 0.971 bits per heavy atom. The first kappa shape index (κ1) is 28.3. The van der Waals surface area contributed by atoms with Gasteiger partial charge >= 0.3 is 17.9 Å². The van der Waals surface area contributed by atoms with E-state index in [-0.39, 0.29) is 38.2 Å². The van der Waals surface area contributed by atoms with E-state index in [4.69, 9.17) is 9.47 Å². The van der Waals surface area contributed by atoms with Crippen LogP contribution in [-0.2, 0) is 38.6 Å². The zero-order valence-corrected chi connectivity index (χ0v) is 19.8. The molecule has 0 aliphatic carbocycles. The average molecular weight is 475 g/mol. The molecule has 0 saturated heterocycles. The van der Waals surface area contributed by atoms with Crippen molar-refractivity contribution in [3.63, 3.8) is 0 Å². The highest BCUT2D eigenvalue weighted by Crippen LogP contribution is 2.13. The Bertz CT molecular complexity index is 837. The Balaban J connectivity index is 0.000000358. The Morgan fingerprint density at radius 1 is 0.588 bits per heavy atom. The summed E-state index contributed by atoms with van der Waals surface area (Å²) in [5, 5.41) is 0. The lowest BCUT2D eigenvalue weighted by atomic mass is 10.0. The molecule has 0 saturated carbocycles. The number of ketones is 1. The van der Waals surface area contributed by atoms with Gasteiger partial charge in [0.05, 0.1) is 26.4 Å². The summed E-state index contributed by atoms with van der Waals surface area (Å²) in [6.45, 7) is 7.17. The summed E-state index contributed by atoms with van der Waals surface area (Å²) in [5.74, 6) is -2.41. The number of carbonyl (C=O) groups excluding carboxylic acids is 3. The quantitative estimate of drug-likeness (QED) is 0.0852. The average Bonchev–Trinajstić information content (AvgIpc) is 2.87. The van der Waals surface area contributed by atoms with Gasteiger partial charge in [-0.2, -0.15) is 9.78 Å². The summed E-state index contributed by atoms with van der Waals surface area (Å²) >= 11 is 0. The first-order valence-electron chi connectivity index (χ1n) is 10.8. The second-order valence-corrected chi connectivity index (χ2v) is 6.14. The van der Waals surface area contributed by atoms with E-state index in [9.17, 15) is 14.4 Å².